The van der Waals surface area contributed by atoms with Crippen molar-refractivity contribution in [1.29, 1.82) is 0 Å². The lowest BCUT2D eigenvalue weighted by Crippen LogP contribution is -2.38. The van der Waals surface area contributed by atoms with Gasteiger partial charge in [0.05, 0.1) is 36.8 Å². The van der Waals surface area contributed by atoms with Gasteiger partial charge >= 0.3 is 6.03 Å². The summed E-state index contributed by atoms with van der Waals surface area (Å²) < 4.78 is 9.70. The number of aromatic nitrogens is 3. The van der Waals surface area contributed by atoms with Crippen molar-refractivity contribution in [2.45, 2.75) is 24.4 Å². The number of carbonyl (C=O) groups is 1. The fraction of sp³-hybridized carbons (Fsp3) is 0.161. The first-order valence-corrected chi connectivity index (χ1v) is 14.0. The second kappa shape index (κ2) is 10.4. The summed E-state index contributed by atoms with van der Waals surface area (Å²) >= 11 is 1.64. The highest BCUT2D eigenvalue weighted by Gasteiger charge is 2.36. The molecule has 1 aliphatic heterocycles. The monoisotopic (exact) mass is 535 g/mol. The molecule has 2 amide bonds. The molecule has 0 saturated heterocycles. The fourth-order valence-corrected chi connectivity index (χ4v) is 5.67. The van der Waals surface area contributed by atoms with Crippen LogP contribution in [0.1, 0.15) is 28.6 Å². The van der Waals surface area contributed by atoms with Gasteiger partial charge in [-0.25, -0.2) is 9.48 Å². The van der Waals surface area contributed by atoms with E-state index in [1.807, 2.05) is 114 Å². The first-order chi connectivity index (χ1) is 19.1. The third-order valence-electron chi connectivity index (χ3n) is 7.08. The summed E-state index contributed by atoms with van der Waals surface area (Å²) in [5.74, 6) is 1.68. The molecule has 3 heterocycles. The van der Waals surface area contributed by atoms with Gasteiger partial charge in [-0.1, -0.05) is 36.4 Å². The zero-order valence-electron chi connectivity index (χ0n) is 22.0. The molecule has 1 aliphatic rings. The number of benzene rings is 3. The number of methoxy groups -OCH3 is 1. The van der Waals surface area contributed by atoms with E-state index < -0.39 is 0 Å². The van der Waals surface area contributed by atoms with Crippen molar-refractivity contribution in [2.75, 3.05) is 18.7 Å². The normalized spacial score (nSPS) is 14.3. The molecule has 1 N–H and O–H groups in total. The summed E-state index contributed by atoms with van der Waals surface area (Å²) in [6, 6.07) is 29.5. The van der Waals surface area contributed by atoms with Gasteiger partial charge in [-0.15, -0.1) is 11.8 Å². The summed E-state index contributed by atoms with van der Waals surface area (Å²) in [7, 11) is 1.66. The van der Waals surface area contributed by atoms with Gasteiger partial charge in [0.1, 0.15) is 11.6 Å². The minimum Gasteiger partial charge on any atom is -0.497 e. The zero-order chi connectivity index (χ0) is 26.9. The Bertz CT molecular complexity index is 1640. The van der Waals surface area contributed by atoms with E-state index in [4.69, 9.17) is 9.84 Å². The molecule has 1 atom stereocenters. The summed E-state index contributed by atoms with van der Waals surface area (Å²) in [6.45, 7) is 2.39. The van der Waals surface area contributed by atoms with E-state index in [1.165, 1.54) is 0 Å². The Morgan fingerprint density at radius 2 is 1.82 bits per heavy atom. The van der Waals surface area contributed by atoms with E-state index in [2.05, 4.69) is 16.0 Å². The largest absolute Gasteiger partial charge is 0.497 e. The summed E-state index contributed by atoms with van der Waals surface area (Å²) in [6.07, 6.45) is 4.07. The molecule has 0 spiro atoms. The summed E-state index contributed by atoms with van der Waals surface area (Å²) in [4.78, 5) is 17.1. The van der Waals surface area contributed by atoms with Crippen LogP contribution in [0.3, 0.4) is 0 Å². The number of para-hydroxylation sites is 1. The van der Waals surface area contributed by atoms with E-state index in [0.717, 1.165) is 50.4 Å². The van der Waals surface area contributed by atoms with Gasteiger partial charge in [-0.2, -0.15) is 5.10 Å². The molecule has 0 saturated carbocycles. The van der Waals surface area contributed by atoms with E-state index in [9.17, 15) is 4.79 Å². The third-order valence-corrected chi connectivity index (χ3v) is 7.80. The van der Waals surface area contributed by atoms with E-state index in [-0.39, 0.29) is 12.1 Å². The smallest absolute Gasteiger partial charge is 0.322 e. The SMILES string of the molecule is COc1cccc(C2c3cccn3-c3c(c(C)nn3-c3ccccc3)CN2C(=O)Nc2cccc(SC)c2)c1. The Kier molecular flexibility index (Phi) is 6.62. The van der Waals surface area contributed by atoms with Crippen LogP contribution < -0.4 is 10.1 Å². The average molecular weight is 536 g/mol. The molecular weight excluding hydrogens is 506 g/mol. The number of carbonyl (C=O) groups excluding carboxylic acids is 1. The number of nitrogens with zero attached hydrogens (tertiary/aromatic N) is 4. The van der Waals surface area contributed by atoms with Crippen LogP contribution in [0.15, 0.2) is 102 Å². The molecule has 0 bridgehead atoms. The van der Waals surface area contributed by atoms with Crippen molar-refractivity contribution in [3.05, 3.63) is 120 Å². The topological polar surface area (TPSA) is 64.3 Å². The molecule has 7 nitrogen and oxygen atoms in total. The van der Waals surface area contributed by atoms with Gasteiger partial charge in [-0.05, 0) is 73.3 Å². The van der Waals surface area contributed by atoms with E-state index >= 15 is 0 Å². The predicted molar refractivity (Wildman–Crippen MR) is 155 cm³/mol. The van der Waals surface area contributed by atoms with Crippen LogP contribution >= 0.6 is 11.8 Å². The number of anilines is 1. The van der Waals surface area contributed by atoms with Gasteiger partial charge in [-0.3, -0.25) is 0 Å². The number of hydrogen-bond donors (Lipinski definition) is 1. The number of thioether (sulfide) groups is 1. The van der Waals surface area contributed by atoms with Crippen molar-refractivity contribution in [1.82, 2.24) is 19.2 Å². The lowest BCUT2D eigenvalue weighted by Gasteiger charge is -2.31. The lowest BCUT2D eigenvalue weighted by molar-refractivity contribution is 0.194. The number of nitrogens with one attached hydrogen (secondary N) is 1. The number of rotatable bonds is 5. The lowest BCUT2D eigenvalue weighted by atomic mass is 10.0. The molecule has 196 valence electrons. The number of aryl methyl sites for hydroxylation is 1. The Labute approximate surface area is 232 Å². The highest BCUT2D eigenvalue weighted by Crippen LogP contribution is 2.39. The van der Waals surface area contributed by atoms with Crippen molar-refractivity contribution in [2.24, 2.45) is 0 Å². The van der Waals surface area contributed by atoms with Gasteiger partial charge in [0, 0.05) is 22.3 Å². The average Bonchev–Trinajstić information content (AvgIpc) is 3.53. The first-order valence-electron chi connectivity index (χ1n) is 12.7. The molecule has 0 aliphatic carbocycles. The van der Waals surface area contributed by atoms with E-state index in [1.54, 1.807) is 18.9 Å². The summed E-state index contributed by atoms with van der Waals surface area (Å²) in [5, 5.41) is 8.08. The highest BCUT2D eigenvalue weighted by atomic mass is 32.2. The maximum atomic E-state index is 14.1. The van der Waals surface area contributed by atoms with Gasteiger partial charge in [0.25, 0.3) is 0 Å². The van der Waals surface area contributed by atoms with Crippen molar-refractivity contribution >= 4 is 23.5 Å². The first kappa shape index (κ1) is 24.9. The number of fused-ring (bicyclic) bond motifs is 3. The second-order valence-corrected chi connectivity index (χ2v) is 10.3. The number of hydrogen-bond acceptors (Lipinski definition) is 4. The molecule has 2 aromatic heterocycles. The molecule has 0 radical (unpaired) electrons. The molecule has 3 aromatic carbocycles. The number of ether oxygens (including phenoxy) is 1. The van der Waals surface area contributed by atoms with Gasteiger partial charge in [0.2, 0.25) is 0 Å². The highest BCUT2D eigenvalue weighted by molar-refractivity contribution is 7.98. The molecule has 39 heavy (non-hydrogen) atoms. The van der Waals surface area contributed by atoms with Crippen molar-refractivity contribution < 1.29 is 9.53 Å². The van der Waals surface area contributed by atoms with Gasteiger partial charge < -0.3 is 19.5 Å². The molecule has 8 heteroatoms. The molecule has 6 rings (SSSR count). The van der Waals surface area contributed by atoms with Crippen LogP contribution in [0.4, 0.5) is 10.5 Å². The molecule has 5 aromatic rings. The third kappa shape index (κ3) is 4.57. The number of amides is 2. The van der Waals surface area contributed by atoms with Crippen LogP contribution in [-0.2, 0) is 6.54 Å². The molecule has 0 fully saturated rings. The Balaban J connectivity index is 1.53. The zero-order valence-corrected chi connectivity index (χ0v) is 22.9. The van der Waals surface area contributed by atoms with Crippen LogP contribution in [-0.4, -0.2) is 38.6 Å². The predicted octanol–water partition coefficient (Wildman–Crippen LogP) is 6.84. The summed E-state index contributed by atoms with van der Waals surface area (Å²) in [5.41, 5.74) is 5.52. The van der Waals surface area contributed by atoms with Crippen LogP contribution in [0, 0.1) is 6.92 Å². The standard InChI is InChI=1S/C31H29N5O2S/c1-21-27-20-35(31(37)32-23-11-8-15-26(19-23)39-3)29(22-10-7-14-25(18-22)38-2)28-16-9-17-34(28)30(27)36(33-21)24-12-5-4-6-13-24/h4-19,29H,20H2,1-3H3,(H,32,37). The number of urea groups is 1. The Morgan fingerprint density at radius 1 is 1.00 bits per heavy atom. The molecular formula is C31H29N5O2S. The minimum atomic E-state index is -0.366. The van der Waals surface area contributed by atoms with Crippen molar-refractivity contribution in [3.63, 3.8) is 0 Å². The van der Waals surface area contributed by atoms with E-state index in [0.29, 0.717) is 6.54 Å². The quantitative estimate of drug-likeness (QED) is 0.250. The van der Waals surface area contributed by atoms with Crippen LogP contribution in [0.25, 0.3) is 11.5 Å². The van der Waals surface area contributed by atoms with Crippen molar-refractivity contribution in [3.8, 4) is 17.3 Å². The molecule has 1 unspecified atom stereocenters. The maximum absolute atomic E-state index is 14.1. The van der Waals surface area contributed by atoms with Crippen LogP contribution in [0.2, 0.25) is 0 Å². The maximum Gasteiger partial charge on any atom is 0.322 e. The Morgan fingerprint density at radius 3 is 2.62 bits per heavy atom. The fourth-order valence-electron chi connectivity index (χ4n) is 5.21. The minimum absolute atomic E-state index is 0.187. The van der Waals surface area contributed by atoms with Gasteiger partial charge in [0.15, 0.2) is 0 Å². The Hall–Kier alpha value is -4.43. The second-order valence-electron chi connectivity index (χ2n) is 9.41. The van der Waals surface area contributed by atoms with Crippen LogP contribution in [0.5, 0.6) is 5.75 Å².